The smallest absolute Gasteiger partial charge is 0.335 e. The molecule has 12 atom stereocenters. The standard InChI is InChI=1S/C42H38O20/c43-11-23-31(47)35(51)37(53)41(61-23)59-21-5-1-3-15-25(17-7-13(39(55)56)9-19(45)27(17)33(49)29(15)21)26-16-4-2-6-22(60-42-38(54)36(52)32(48)24(12-44)62-42)30(16)34(50)28-18(26)8-14(40(57)58)10-20(28)46/h1-10,23-26,31-32,35-38,41-48,51-54H,11-12H2,(H,55,56)(H,57,58)/t23-,24-,25+,26?,31-,32-,35+,36+,37-,38-,41+,42+/m1/s1. The van der Waals surface area contributed by atoms with E-state index in [1.54, 1.807) is 0 Å². The Morgan fingerprint density at radius 2 is 0.887 bits per heavy atom. The molecule has 326 valence electrons. The minimum absolute atomic E-state index is 0.00301. The number of aliphatic hydroxyl groups is 8. The highest BCUT2D eigenvalue weighted by Crippen LogP contribution is 2.56. The molecular weight excluding hydrogens is 824 g/mol. The van der Waals surface area contributed by atoms with Crippen LogP contribution in [0.1, 0.15) is 86.6 Å². The topological polar surface area (TPSA) is 348 Å². The molecule has 4 aromatic carbocycles. The molecule has 8 rings (SSSR count). The number of carboxylic acids is 2. The lowest BCUT2D eigenvalue weighted by molar-refractivity contribution is -0.277. The Labute approximate surface area is 348 Å². The van der Waals surface area contributed by atoms with Crippen molar-refractivity contribution in [1.82, 2.24) is 0 Å². The van der Waals surface area contributed by atoms with Crippen LogP contribution in [0, 0.1) is 0 Å². The maximum atomic E-state index is 14.7. The number of benzene rings is 4. The van der Waals surface area contributed by atoms with Crippen LogP contribution in [0.25, 0.3) is 0 Å². The summed E-state index contributed by atoms with van der Waals surface area (Å²) in [5.41, 5.74) is -2.87. The first-order valence-electron chi connectivity index (χ1n) is 19.0. The second-order valence-electron chi connectivity index (χ2n) is 15.2. The van der Waals surface area contributed by atoms with E-state index in [2.05, 4.69) is 0 Å². The van der Waals surface area contributed by atoms with Gasteiger partial charge in [-0.05, 0) is 58.7 Å². The molecule has 4 aliphatic rings. The van der Waals surface area contributed by atoms with Crippen LogP contribution < -0.4 is 9.47 Å². The van der Waals surface area contributed by atoms with E-state index in [0.29, 0.717) is 0 Å². The van der Waals surface area contributed by atoms with Crippen LogP contribution in [0.2, 0.25) is 0 Å². The van der Waals surface area contributed by atoms with Gasteiger partial charge in [-0.3, -0.25) is 9.59 Å². The Hall–Kier alpha value is -6.04. The van der Waals surface area contributed by atoms with Crippen LogP contribution >= 0.6 is 0 Å². The van der Waals surface area contributed by atoms with Gasteiger partial charge in [0.1, 0.15) is 71.8 Å². The Kier molecular flexibility index (Phi) is 11.0. The fourth-order valence-corrected chi connectivity index (χ4v) is 8.71. The second-order valence-corrected chi connectivity index (χ2v) is 15.2. The van der Waals surface area contributed by atoms with Crippen molar-refractivity contribution in [3.05, 3.63) is 116 Å². The Morgan fingerprint density at radius 1 is 0.516 bits per heavy atom. The zero-order valence-corrected chi connectivity index (χ0v) is 31.7. The van der Waals surface area contributed by atoms with Crippen molar-refractivity contribution < 1.29 is 99.4 Å². The molecule has 20 nitrogen and oxygen atoms in total. The highest BCUT2D eigenvalue weighted by atomic mass is 16.7. The third-order valence-electron chi connectivity index (χ3n) is 11.7. The number of hydrogen-bond acceptors (Lipinski definition) is 18. The van der Waals surface area contributed by atoms with Crippen molar-refractivity contribution in [2.45, 2.75) is 73.2 Å². The summed E-state index contributed by atoms with van der Waals surface area (Å²) in [5.74, 6) is -10.1. The minimum atomic E-state index is -1.94. The number of hydrogen-bond donors (Lipinski definition) is 12. The van der Waals surface area contributed by atoms with Crippen molar-refractivity contribution >= 4 is 23.5 Å². The first-order valence-corrected chi connectivity index (χ1v) is 19.0. The number of ketones is 2. The molecule has 20 heteroatoms. The van der Waals surface area contributed by atoms with Crippen LogP contribution in [0.15, 0.2) is 60.7 Å². The fourth-order valence-electron chi connectivity index (χ4n) is 8.71. The zero-order chi connectivity index (χ0) is 44.6. The molecule has 62 heavy (non-hydrogen) atoms. The largest absolute Gasteiger partial charge is 0.507 e. The number of aromatic carboxylic acids is 2. The molecular formula is C42H38O20. The highest BCUT2D eigenvalue weighted by molar-refractivity contribution is 6.18. The van der Waals surface area contributed by atoms with Gasteiger partial charge in [0.15, 0.2) is 0 Å². The molecule has 12 N–H and O–H groups in total. The molecule has 2 heterocycles. The van der Waals surface area contributed by atoms with E-state index in [1.165, 1.54) is 36.4 Å². The van der Waals surface area contributed by atoms with Crippen LogP contribution in [0.5, 0.6) is 23.0 Å². The molecule has 1 unspecified atom stereocenters. The van der Waals surface area contributed by atoms with Crippen LogP contribution in [0.4, 0.5) is 0 Å². The number of carbonyl (C=O) groups is 4. The number of rotatable bonds is 9. The van der Waals surface area contributed by atoms with Crippen LogP contribution in [-0.4, -0.2) is 159 Å². The summed E-state index contributed by atoms with van der Waals surface area (Å²) in [4.78, 5) is 54.2. The first-order chi connectivity index (χ1) is 29.5. The Balaban J connectivity index is 1.38. The number of carboxylic acid groups (broad SMARTS) is 2. The molecule has 0 spiro atoms. The number of phenolic OH excluding ortho intramolecular Hbond substituents is 2. The van der Waals surface area contributed by atoms with Crippen molar-refractivity contribution in [2.75, 3.05) is 13.2 Å². The predicted molar refractivity (Wildman–Crippen MR) is 202 cm³/mol. The SMILES string of the molecule is O=C(O)c1cc(O)c2c(c1)C([C@@H]1c3cc(C(=O)O)cc(O)c3C(=O)c3c(O[C@H]4O[C@H](CO)[C@@H](O)[C@H](O)[C@H]4O)cccc31)c1cccc(O[C@H]3O[C@H](CO)[C@@H](O)[C@H](O)[C@H]3O)c1C2=O. The van der Waals surface area contributed by atoms with Gasteiger partial charge in [-0.1, -0.05) is 24.3 Å². The van der Waals surface area contributed by atoms with Crippen molar-refractivity contribution in [3.63, 3.8) is 0 Å². The van der Waals surface area contributed by atoms with Crippen LogP contribution in [-0.2, 0) is 9.47 Å². The van der Waals surface area contributed by atoms with Crippen molar-refractivity contribution in [3.8, 4) is 23.0 Å². The van der Waals surface area contributed by atoms with Gasteiger partial charge in [0.05, 0.1) is 46.6 Å². The lowest BCUT2D eigenvalue weighted by Gasteiger charge is -2.41. The van der Waals surface area contributed by atoms with E-state index in [1.807, 2.05) is 0 Å². The van der Waals surface area contributed by atoms with E-state index in [9.17, 15) is 80.5 Å². The minimum Gasteiger partial charge on any atom is -0.507 e. The molecule has 0 radical (unpaired) electrons. The number of aromatic hydroxyl groups is 2. The van der Waals surface area contributed by atoms with Gasteiger partial charge in [0.25, 0.3) is 0 Å². The van der Waals surface area contributed by atoms with Gasteiger partial charge in [0, 0.05) is 11.8 Å². The van der Waals surface area contributed by atoms with E-state index in [-0.39, 0.29) is 44.9 Å². The summed E-state index contributed by atoms with van der Waals surface area (Å²) in [6.07, 6.45) is -17.7. The van der Waals surface area contributed by atoms with E-state index in [0.717, 1.165) is 24.3 Å². The summed E-state index contributed by atoms with van der Waals surface area (Å²) in [5, 5.41) is 126. The number of ether oxygens (including phenoxy) is 4. The van der Waals surface area contributed by atoms with Crippen molar-refractivity contribution in [2.24, 2.45) is 0 Å². The van der Waals surface area contributed by atoms with Crippen molar-refractivity contribution in [1.29, 1.82) is 0 Å². The summed E-state index contributed by atoms with van der Waals surface area (Å²) in [6, 6.07) is 11.9. The number of phenols is 2. The van der Waals surface area contributed by atoms with E-state index in [4.69, 9.17) is 18.9 Å². The number of aliphatic hydroxyl groups excluding tert-OH is 8. The highest BCUT2D eigenvalue weighted by Gasteiger charge is 2.50. The fraction of sp³-hybridized carbons (Fsp3) is 0.333. The Bertz CT molecular complexity index is 2330. The van der Waals surface area contributed by atoms with Gasteiger partial charge in [0.2, 0.25) is 24.1 Å². The summed E-state index contributed by atoms with van der Waals surface area (Å²) in [7, 11) is 0. The normalized spacial score (nSPS) is 30.1. The first kappa shape index (κ1) is 42.6. The molecule has 0 bridgehead atoms. The van der Waals surface area contributed by atoms with Gasteiger partial charge >= 0.3 is 11.9 Å². The van der Waals surface area contributed by atoms with Gasteiger partial charge in [-0.25, -0.2) is 9.59 Å². The summed E-state index contributed by atoms with van der Waals surface area (Å²) in [6.45, 7) is -1.64. The van der Waals surface area contributed by atoms with E-state index >= 15 is 0 Å². The molecule has 2 aliphatic heterocycles. The van der Waals surface area contributed by atoms with Gasteiger partial charge in [-0.15, -0.1) is 0 Å². The summed E-state index contributed by atoms with van der Waals surface area (Å²) < 4.78 is 23.0. The van der Waals surface area contributed by atoms with Gasteiger partial charge < -0.3 is 80.2 Å². The average Bonchev–Trinajstić information content (AvgIpc) is 3.24. The molecule has 2 saturated heterocycles. The number of carbonyl (C=O) groups excluding carboxylic acids is 2. The zero-order valence-electron chi connectivity index (χ0n) is 31.7. The monoisotopic (exact) mass is 862 g/mol. The Morgan fingerprint density at radius 3 is 1.23 bits per heavy atom. The molecule has 0 amide bonds. The average molecular weight is 863 g/mol. The van der Waals surface area contributed by atoms with E-state index < -0.39 is 144 Å². The lowest BCUT2D eigenvalue weighted by atomic mass is 9.63. The van der Waals surface area contributed by atoms with Crippen LogP contribution in [0.3, 0.4) is 0 Å². The summed E-state index contributed by atoms with van der Waals surface area (Å²) >= 11 is 0. The maximum absolute atomic E-state index is 14.7. The van der Waals surface area contributed by atoms with Gasteiger partial charge in [-0.2, -0.15) is 0 Å². The second kappa shape index (κ2) is 16.0. The molecule has 0 saturated carbocycles. The molecule has 2 aliphatic carbocycles. The predicted octanol–water partition coefficient (Wildman–Crippen LogP) is -1.10. The third-order valence-corrected chi connectivity index (χ3v) is 11.7. The molecule has 0 aromatic heterocycles. The quantitative estimate of drug-likeness (QED) is 0.0950. The molecule has 4 aromatic rings. The third kappa shape index (κ3) is 6.73. The number of fused-ring (bicyclic) bond motifs is 4. The maximum Gasteiger partial charge on any atom is 0.335 e. The molecule has 2 fully saturated rings. The lowest BCUT2D eigenvalue weighted by Crippen LogP contribution is -2.60.